The summed E-state index contributed by atoms with van der Waals surface area (Å²) in [6.07, 6.45) is 3.33. The minimum Gasteiger partial charge on any atom is -0.356 e. The first kappa shape index (κ1) is 12.1. The third kappa shape index (κ3) is 3.28. The van der Waals surface area contributed by atoms with E-state index in [9.17, 15) is 4.79 Å². The van der Waals surface area contributed by atoms with Gasteiger partial charge in [0.15, 0.2) is 0 Å². The second-order valence-corrected chi connectivity index (χ2v) is 5.61. The zero-order chi connectivity index (χ0) is 12.3. The lowest BCUT2D eigenvalue weighted by Gasteiger charge is -1.94. The van der Waals surface area contributed by atoms with Gasteiger partial charge in [0, 0.05) is 20.4 Å². The van der Waals surface area contributed by atoms with Gasteiger partial charge in [-0.3, -0.25) is 4.79 Å². The molecule has 0 aliphatic rings. The highest BCUT2D eigenvalue weighted by atomic mass is 79.9. The summed E-state index contributed by atoms with van der Waals surface area (Å²) >= 11 is 4.88. The molecule has 0 fully saturated rings. The van der Waals surface area contributed by atoms with Crippen LogP contribution in [0.1, 0.15) is 20.2 Å². The monoisotopic (exact) mass is 311 g/mol. The number of hydrogen-bond acceptors (Lipinski definition) is 3. The normalized spacial score (nSPS) is 10.9. The van der Waals surface area contributed by atoms with Gasteiger partial charge < -0.3 is 4.98 Å². The number of H-pyrrole nitrogens is 1. The summed E-state index contributed by atoms with van der Waals surface area (Å²) in [5.74, 6) is -0.264. The molecule has 0 aliphatic heterocycles. The lowest BCUT2D eigenvalue weighted by Crippen LogP contribution is -2.17. The maximum atomic E-state index is 11.6. The van der Waals surface area contributed by atoms with Crippen LogP contribution in [0.15, 0.2) is 34.0 Å². The molecule has 0 atom stereocenters. The number of halogens is 1. The first-order valence-electron chi connectivity index (χ1n) is 4.89. The van der Waals surface area contributed by atoms with Crippen molar-refractivity contribution >= 4 is 39.4 Å². The van der Waals surface area contributed by atoms with Gasteiger partial charge in [-0.25, -0.2) is 5.43 Å². The molecule has 0 saturated carbocycles. The van der Waals surface area contributed by atoms with Crippen molar-refractivity contribution in [2.75, 3.05) is 0 Å². The number of carbonyl (C=O) groups is 1. The first-order chi connectivity index (χ1) is 8.15. The number of thiophene rings is 1. The second-order valence-electron chi connectivity index (χ2n) is 3.38. The van der Waals surface area contributed by atoms with Crippen LogP contribution < -0.4 is 5.43 Å². The van der Waals surface area contributed by atoms with Crippen molar-refractivity contribution in [3.63, 3.8) is 0 Å². The highest BCUT2D eigenvalue weighted by molar-refractivity contribution is 9.10. The van der Waals surface area contributed by atoms with Crippen LogP contribution >= 0.6 is 27.3 Å². The zero-order valence-electron chi connectivity index (χ0n) is 9.03. The minimum atomic E-state index is -0.264. The predicted octanol–water partition coefficient (Wildman–Crippen LogP) is 2.91. The second kappa shape index (κ2) is 5.29. The van der Waals surface area contributed by atoms with Crippen LogP contribution in [0.25, 0.3) is 0 Å². The summed E-state index contributed by atoms with van der Waals surface area (Å²) in [4.78, 5) is 16.6. The van der Waals surface area contributed by atoms with Gasteiger partial charge >= 0.3 is 0 Å². The van der Waals surface area contributed by atoms with Gasteiger partial charge in [0.25, 0.3) is 5.91 Å². The predicted molar refractivity (Wildman–Crippen MR) is 72.6 cm³/mol. The van der Waals surface area contributed by atoms with Crippen LogP contribution in [0.5, 0.6) is 0 Å². The molecule has 2 rings (SSSR count). The molecule has 2 N–H and O–H groups in total. The lowest BCUT2D eigenvalue weighted by molar-refractivity contribution is 0.0951. The van der Waals surface area contributed by atoms with Crippen LogP contribution in [0.2, 0.25) is 0 Å². The Balaban J connectivity index is 1.94. The van der Waals surface area contributed by atoms with E-state index in [0.717, 1.165) is 9.35 Å². The van der Waals surface area contributed by atoms with Gasteiger partial charge in [-0.1, -0.05) is 0 Å². The van der Waals surface area contributed by atoms with Gasteiger partial charge in [-0.15, -0.1) is 11.3 Å². The molecule has 0 radical (unpaired) electrons. The summed E-state index contributed by atoms with van der Waals surface area (Å²) in [7, 11) is 0. The molecule has 2 heterocycles. The molecule has 2 aromatic rings. The van der Waals surface area contributed by atoms with Crippen molar-refractivity contribution in [3.05, 3.63) is 44.3 Å². The zero-order valence-corrected chi connectivity index (χ0v) is 11.4. The first-order valence-corrected chi connectivity index (χ1v) is 6.50. The molecule has 17 heavy (non-hydrogen) atoms. The van der Waals surface area contributed by atoms with Gasteiger partial charge in [-0.2, -0.15) is 5.10 Å². The molecule has 0 saturated heterocycles. The Hall–Kier alpha value is -1.40. The van der Waals surface area contributed by atoms with Crippen molar-refractivity contribution in [3.8, 4) is 0 Å². The smallest absolute Gasteiger partial charge is 0.287 e. The molecule has 2 aromatic heterocycles. The average Bonchev–Trinajstić information content (AvgIpc) is 2.88. The van der Waals surface area contributed by atoms with Crippen molar-refractivity contribution in [1.82, 2.24) is 10.4 Å². The Morgan fingerprint density at radius 3 is 3.00 bits per heavy atom. The van der Waals surface area contributed by atoms with Gasteiger partial charge in [0.1, 0.15) is 5.69 Å². The van der Waals surface area contributed by atoms with E-state index in [1.807, 2.05) is 19.1 Å². The maximum absolute atomic E-state index is 11.6. The van der Waals surface area contributed by atoms with Crippen LogP contribution in [-0.4, -0.2) is 17.1 Å². The van der Waals surface area contributed by atoms with Crippen molar-refractivity contribution in [2.24, 2.45) is 5.10 Å². The molecule has 0 bridgehead atoms. The number of nitrogens with zero attached hydrogens (tertiary/aromatic N) is 1. The Kier molecular flexibility index (Phi) is 3.75. The van der Waals surface area contributed by atoms with E-state index in [0.29, 0.717) is 5.69 Å². The Bertz CT molecular complexity index is 559. The van der Waals surface area contributed by atoms with Crippen LogP contribution in [-0.2, 0) is 0 Å². The van der Waals surface area contributed by atoms with E-state index in [1.54, 1.807) is 29.8 Å². The maximum Gasteiger partial charge on any atom is 0.287 e. The third-order valence-electron chi connectivity index (χ3n) is 2.01. The van der Waals surface area contributed by atoms with Crippen molar-refractivity contribution in [1.29, 1.82) is 0 Å². The number of nitrogens with one attached hydrogen (secondary N) is 2. The molecule has 1 amide bonds. The number of aromatic nitrogens is 1. The molecule has 0 aliphatic carbocycles. The summed E-state index contributed by atoms with van der Waals surface area (Å²) in [6.45, 7) is 2.02. The molecule has 0 spiro atoms. The standard InChI is InChI=1S/C11H10BrN3OS/c1-7-2-3-9(17-7)6-14-15-11(16)10-4-8(12)5-13-10/h2-6,13H,1H3,(H,15,16)/b14-6-. The molecular weight excluding hydrogens is 302 g/mol. The van der Waals surface area contributed by atoms with E-state index in [2.05, 4.69) is 31.4 Å². The quantitative estimate of drug-likeness (QED) is 0.664. The fourth-order valence-corrected chi connectivity index (χ4v) is 2.33. The number of aryl methyl sites for hydroxylation is 1. The van der Waals surface area contributed by atoms with Crippen LogP contribution in [0.4, 0.5) is 0 Å². The van der Waals surface area contributed by atoms with Gasteiger partial charge in [0.2, 0.25) is 0 Å². The number of carbonyl (C=O) groups excluding carboxylic acids is 1. The summed E-state index contributed by atoms with van der Waals surface area (Å²) in [6, 6.07) is 5.66. The lowest BCUT2D eigenvalue weighted by atomic mass is 10.4. The number of rotatable bonds is 3. The highest BCUT2D eigenvalue weighted by Gasteiger charge is 2.05. The summed E-state index contributed by atoms with van der Waals surface area (Å²) in [5, 5.41) is 3.89. The molecule has 0 unspecified atom stereocenters. The molecule has 88 valence electrons. The van der Waals surface area contributed by atoms with E-state index in [4.69, 9.17) is 0 Å². The average molecular weight is 312 g/mol. The number of aromatic amines is 1. The molecule has 0 aromatic carbocycles. The Labute approximate surface area is 111 Å². The number of amides is 1. The number of hydrogen-bond donors (Lipinski definition) is 2. The fraction of sp³-hybridized carbons (Fsp3) is 0.0909. The van der Waals surface area contributed by atoms with Crippen molar-refractivity contribution < 1.29 is 4.79 Å². The Morgan fingerprint density at radius 1 is 1.59 bits per heavy atom. The van der Waals surface area contributed by atoms with E-state index in [1.165, 1.54) is 4.88 Å². The minimum absolute atomic E-state index is 0.264. The van der Waals surface area contributed by atoms with Crippen LogP contribution in [0.3, 0.4) is 0 Å². The molecule has 4 nitrogen and oxygen atoms in total. The summed E-state index contributed by atoms with van der Waals surface area (Å²) in [5.41, 5.74) is 2.92. The topological polar surface area (TPSA) is 57.2 Å². The highest BCUT2D eigenvalue weighted by Crippen LogP contribution is 2.12. The van der Waals surface area contributed by atoms with Crippen LogP contribution in [0, 0.1) is 6.92 Å². The summed E-state index contributed by atoms with van der Waals surface area (Å²) < 4.78 is 0.834. The van der Waals surface area contributed by atoms with Crippen molar-refractivity contribution in [2.45, 2.75) is 6.92 Å². The number of hydrazone groups is 1. The van der Waals surface area contributed by atoms with E-state index >= 15 is 0 Å². The van der Waals surface area contributed by atoms with E-state index in [-0.39, 0.29) is 5.91 Å². The largest absolute Gasteiger partial charge is 0.356 e. The Morgan fingerprint density at radius 2 is 2.41 bits per heavy atom. The van der Waals surface area contributed by atoms with Gasteiger partial charge in [-0.05, 0) is 41.1 Å². The van der Waals surface area contributed by atoms with E-state index < -0.39 is 0 Å². The fourth-order valence-electron chi connectivity index (χ4n) is 1.24. The van der Waals surface area contributed by atoms with Gasteiger partial charge in [0.05, 0.1) is 6.21 Å². The third-order valence-corrected chi connectivity index (χ3v) is 3.40. The molecule has 6 heteroatoms. The molecular formula is C11H10BrN3OS. The SMILES string of the molecule is Cc1ccc(/C=N\NC(=O)c2cc(Br)c[nH]2)s1.